The van der Waals surface area contributed by atoms with Crippen molar-refractivity contribution in [1.29, 1.82) is 0 Å². The molecule has 3 N–H and O–H groups in total. The minimum absolute atomic E-state index is 0.129. The van der Waals surface area contributed by atoms with Crippen molar-refractivity contribution >= 4 is 34.6 Å². The molecule has 0 amide bonds. The fourth-order valence-corrected chi connectivity index (χ4v) is 5.08. The summed E-state index contributed by atoms with van der Waals surface area (Å²) in [6.45, 7) is 6.26. The van der Waals surface area contributed by atoms with Crippen molar-refractivity contribution in [3.8, 4) is 16.9 Å². The lowest BCUT2D eigenvalue weighted by Gasteiger charge is -2.24. The molecule has 5 rings (SSSR count). The fourth-order valence-electron chi connectivity index (χ4n) is 5.08. The second-order valence-corrected chi connectivity index (χ2v) is 11.2. The van der Waals surface area contributed by atoms with Crippen LogP contribution >= 0.6 is 0 Å². The first-order valence-corrected chi connectivity index (χ1v) is 13.5. The average Bonchev–Trinajstić information content (AvgIpc) is 3.22. The molecule has 1 aliphatic heterocycles. The summed E-state index contributed by atoms with van der Waals surface area (Å²) in [4.78, 5) is 24.1. The van der Waals surface area contributed by atoms with Crippen molar-refractivity contribution in [2.24, 2.45) is 0 Å². The van der Waals surface area contributed by atoms with Crippen LogP contribution in [0.2, 0.25) is 0 Å². The van der Waals surface area contributed by atoms with Gasteiger partial charge in [-0.25, -0.2) is 18.7 Å². The number of hydrogen-bond donors (Lipinski definition) is 2. The Hall–Kier alpha value is -4.58. The van der Waals surface area contributed by atoms with Gasteiger partial charge in [-0.3, -0.25) is 4.98 Å². The van der Waals surface area contributed by atoms with Gasteiger partial charge in [0.1, 0.15) is 23.7 Å². The highest BCUT2D eigenvalue weighted by molar-refractivity contribution is 5.79. The number of rotatable bonds is 9. The van der Waals surface area contributed by atoms with E-state index in [9.17, 15) is 8.78 Å². The quantitative estimate of drug-likeness (QED) is 0.266. The van der Waals surface area contributed by atoms with Crippen molar-refractivity contribution in [3.63, 3.8) is 0 Å². The summed E-state index contributed by atoms with van der Waals surface area (Å²) >= 11 is 0. The minimum atomic E-state index is -0.657. The maximum atomic E-state index is 14.6. The number of hydrogen-bond acceptors (Lipinski definition) is 10. The third-order valence-corrected chi connectivity index (χ3v) is 7.29. The van der Waals surface area contributed by atoms with Crippen LogP contribution < -0.4 is 25.6 Å². The minimum Gasteiger partial charge on any atom is -0.494 e. The third kappa shape index (κ3) is 5.62. The molecule has 0 saturated carbocycles. The van der Waals surface area contributed by atoms with Crippen LogP contribution in [-0.4, -0.2) is 72.7 Å². The van der Waals surface area contributed by atoms with Gasteiger partial charge in [0.2, 0.25) is 11.9 Å². The Morgan fingerprint density at radius 2 is 1.79 bits per heavy atom. The molecule has 12 heteroatoms. The van der Waals surface area contributed by atoms with Crippen molar-refractivity contribution in [2.75, 3.05) is 68.7 Å². The second kappa shape index (κ2) is 11.4. The van der Waals surface area contributed by atoms with Gasteiger partial charge < -0.3 is 30.5 Å². The highest BCUT2D eigenvalue weighted by atomic mass is 19.1. The summed E-state index contributed by atoms with van der Waals surface area (Å²) in [7, 11) is 7.61. The first kappa shape index (κ1) is 28.9. The summed E-state index contributed by atoms with van der Waals surface area (Å²) in [5.74, 6) is -0.0989. The Labute approximate surface area is 244 Å². The number of nitrogens with zero attached hydrogens (tertiary/aromatic N) is 7. The molecule has 0 fully saturated rings. The zero-order chi connectivity index (χ0) is 30.2. The molecule has 220 valence electrons. The molecule has 0 atom stereocenters. The highest BCUT2D eigenvalue weighted by Gasteiger charge is 2.39. The van der Waals surface area contributed by atoms with E-state index in [1.165, 1.54) is 30.7 Å². The number of halogens is 2. The molecule has 0 aliphatic carbocycles. The van der Waals surface area contributed by atoms with E-state index in [0.717, 1.165) is 24.5 Å². The number of nitrogens with one attached hydrogen (secondary N) is 1. The van der Waals surface area contributed by atoms with Gasteiger partial charge in [-0.05, 0) is 38.4 Å². The fraction of sp³-hybridized carbons (Fsp3) is 0.333. The van der Waals surface area contributed by atoms with Crippen LogP contribution in [0.25, 0.3) is 11.1 Å². The summed E-state index contributed by atoms with van der Waals surface area (Å²) in [6, 6.07) is 9.19. The number of nitrogens with two attached hydrogens (primary N) is 1. The molecule has 0 radical (unpaired) electrons. The monoisotopic (exact) mass is 575 g/mol. The van der Waals surface area contributed by atoms with E-state index in [4.69, 9.17) is 10.5 Å². The number of benzene rings is 2. The number of methoxy groups -OCH3 is 1. The van der Waals surface area contributed by atoms with Crippen molar-refractivity contribution < 1.29 is 13.5 Å². The van der Waals surface area contributed by atoms with E-state index in [-0.39, 0.29) is 16.9 Å². The zero-order valence-electron chi connectivity index (χ0n) is 24.6. The van der Waals surface area contributed by atoms with E-state index in [2.05, 4.69) is 35.1 Å². The zero-order valence-corrected chi connectivity index (χ0v) is 24.6. The van der Waals surface area contributed by atoms with Gasteiger partial charge in [-0.1, -0.05) is 19.9 Å². The molecule has 0 bridgehead atoms. The number of likely N-dealkylation sites (N-methyl/N-ethyl adjacent to an activating group) is 2. The smallest absolute Gasteiger partial charge is 0.234 e. The first-order chi connectivity index (χ1) is 20.0. The largest absolute Gasteiger partial charge is 0.494 e. The molecule has 2 aromatic heterocycles. The van der Waals surface area contributed by atoms with Crippen LogP contribution in [0.1, 0.15) is 19.5 Å². The lowest BCUT2D eigenvalue weighted by molar-refractivity contribution is 0.413. The van der Waals surface area contributed by atoms with E-state index in [1.54, 1.807) is 19.2 Å². The highest BCUT2D eigenvalue weighted by Crippen LogP contribution is 2.44. The van der Waals surface area contributed by atoms with E-state index < -0.39 is 11.6 Å². The Morgan fingerprint density at radius 1 is 1.05 bits per heavy atom. The van der Waals surface area contributed by atoms with Crippen LogP contribution in [-0.2, 0) is 5.41 Å². The predicted molar refractivity (Wildman–Crippen MR) is 162 cm³/mol. The normalized spacial score (nSPS) is 13.8. The van der Waals surface area contributed by atoms with Crippen LogP contribution in [0, 0.1) is 11.6 Å². The Balaban J connectivity index is 1.46. The molecule has 2 aromatic carbocycles. The Kier molecular flexibility index (Phi) is 7.83. The van der Waals surface area contributed by atoms with Crippen molar-refractivity contribution in [2.45, 2.75) is 19.3 Å². The maximum absolute atomic E-state index is 14.6. The van der Waals surface area contributed by atoms with E-state index in [0.29, 0.717) is 40.9 Å². The molecule has 1 aliphatic rings. The SMILES string of the molecule is COc1cc(N(C)CCN(C)C)c(N)cc1Nc1ncnc(N2CC(C)(C)c3ncc(-c4c(F)cccc4F)cc32)n1. The predicted octanol–water partition coefficient (Wildman–Crippen LogP) is 4.97. The summed E-state index contributed by atoms with van der Waals surface area (Å²) in [6.07, 6.45) is 2.91. The number of aromatic nitrogens is 4. The Bertz CT molecular complexity index is 1590. The van der Waals surface area contributed by atoms with Gasteiger partial charge in [-0.2, -0.15) is 4.98 Å². The average molecular weight is 576 g/mol. The molecule has 3 heterocycles. The summed E-state index contributed by atoms with van der Waals surface area (Å²) < 4.78 is 34.9. The van der Waals surface area contributed by atoms with Gasteiger partial charge in [0, 0.05) is 49.9 Å². The van der Waals surface area contributed by atoms with Gasteiger partial charge >= 0.3 is 0 Å². The van der Waals surface area contributed by atoms with Crippen LogP contribution in [0.3, 0.4) is 0 Å². The molecule has 0 spiro atoms. The first-order valence-electron chi connectivity index (χ1n) is 13.5. The lowest BCUT2D eigenvalue weighted by atomic mass is 9.91. The Morgan fingerprint density at radius 3 is 2.48 bits per heavy atom. The molecule has 0 saturated heterocycles. The molecule has 10 nitrogen and oxygen atoms in total. The number of nitrogen functional groups attached to an aromatic ring is 1. The molecular weight excluding hydrogens is 540 g/mol. The van der Waals surface area contributed by atoms with E-state index in [1.807, 2.05) is 46.0 Å². The number of fused-ring (bicyclic) bond motifs is 1. The van der Waals surface area contributed by atoms with Crippen LogP contribution in [0.4, 0.5) is 43.4 Å². The number of ether oxygens (including phenoxy) is 1. The summed E-state index contributed by atoms with van der Waals surface area (Å²) in [5.41, 5.74) is 9.73. The van der Waals surface area contributed by atoms with Crippen LogP contribution in [0.15, 0.2) is 48.9 Å². The van der Waals surface area contributed by atoms with Gasteiger partial charge in [0.25, 0.3) is 0 Å². The molecule has 0 unspecified atom stereocenters. The maximum Gasteiger partial charge on any atom is 0.234 e. The van der Waals surface area contributed by atoms with Gasteiger partial charge in [-0.15, -0.1) is 0 Å². The van der Waals surface area contributed by atoms with Gasteiger partial charge in [0.15, 0.2) is 0 Å². The number of anilines is 6. The third-order valence-electron chi connectivity index (χ3n) is 7.29. The standard InChI is InChI=1S/C30H35F2N9O/c1-30(2)16-41(24-12-18(15-34-27(24)30)26-19(31)8-7-9-20(26)32)29-36-17-35-28(38-29)37-22-13-21(33)23(14-25(22)42-6)40(5)11-10-39(3)4/h7-9,12-15,17H,10-11,16,33H2,1-6H3,(H,35,36,37,38). The van der Waals surface area contributed by atoms with Crippen molar-refractivity contribution in [1.82, 2.24) is 24.8 Å². The summed E-state index contributed by atoms with van der Waals surface area (Å²) in [5, 5.41) is 3.21. The van der Waals surface area contributed by atoms with Crippen molar-refractivity contribution in [3.05, 3.63) is 66.3 Å². The van der Waals surface area contributed by atoms with Crippen LogP contribution in [0.5, 0.6) is 5.75 Å². The second-order valence-electron chi connectivity index (χ2n) is 11.2. The number of pyridine rings is 1. The lowest BCUT2D eigenvalue weighted by Crippen LogP contribution is -2.29. The van der Waals surface area contributed by atoms with E-state index >= 15 is 0 Å². The molecular formula is C30H35F2N9O. The molecule has 4 aromatic rings. The topological polar surface area (TPSA) is 109 Å². The molecule has 42 heavy (non-hydrogen) atoms. The van der Waals surface area contributed by atoms with Gasteiger partial charge in [0.05, 0.1) is 41.1 Å².